The molecule has 4 aromatic carbocycles. The minimum absolute atomic E-state index is 0.231. The van der Waals surface area contributed by atoms with Crippen molar-refractivity contribution in [3.05, 3.63) is 125 Å². The van der Waals surface area contributed by atoms with Crippen molar-refractivity contribution in [2.75, 3.05) is 5.32 Å². The molecule has 0 bridgehead atoms. The fraction of sp³-hybridized carbons (Fsp3) is 0.0323. The van der Waals surface area contributed by atoms with Crippen LogP contribution in [0.15, 0.2) is 95.4 Å². The molecule has 12 heteroatoms. The first kappa shape index (κ1) is 30.9. The van der Waals surface area contributed by atoms with Crippen molar-refractivity contribution in [1.82, 2.24) is 10.4 Å². The lowest BCUT2D eigenvalue weighted by Gasteiger charge is -2.11. The van der Waals surface area contributed by atoms with E-state index >= 15 is 0 Å². The zero-order chi connectivity index (χ0) is 30.3. The highest BCUT2D eigenvalue weighted by molar-refractivity contribution is 14.1. The van der Waals surface area contributed by atoms with E-state index in [1.165, 1.54) is 11.3 Å². The number of carboxylic acids is 1. The van der Waals surface area contributed by atoms with Gasteiger partial charge < -0.3 is 15.2 Å². The van der Waals surface area contributed by atoms with Gasteiger partial charge in [-0.05, 0) is 117 Å². The Labute approximate surface area is 283 Å². The Morgan fingerprint density at radius 2 is 1.60 bits per heavy atom. The van der Waals surface area contributed by atoms with Gasteiger partial charge in [-0.15, -0.1) is 11.3 Å². The number of hydrogen-bond donors (Lipinski definition) is 3. The van der Waals surface area contributed by atoms with Gasteiger partial charge in [0.25, 0.3) is 5.91 Å². The van der Waals surface area contributed by atoms with Crippen LogP contribution in [0.3, 0.4) is 0 Å². The van der Waals surface area contributed by atoms with Gasteiger partial charge in [-0.2, -0.15) is 5.10 Å². The van der Waals surface area contributed by atoms with Gasteiger partial charge in [0.1, 0.15) is 12.4 Å². The van der Waals surface area contributed by atoms with E-state index in [4.69, 9.17) is 21.4 Å². The van der Waals surface area contributed by atoms with Gasteiger partial charge in [0.15, 0.2) is 5.13 Å². The van der Waals surface area contributed by atoms with Gasteiger partial charge in [0, 0.05) is 27.2 Å². The van der Waals surface area contributed by atoms with E-state index in [0.717, 1.165) is 46.1 Å². The minimum Gasteiger partial charge on any atom is -0.487 e. The number of carbonyl (C=O) groups is 2. The van der Waals surface area contributed by atoms with Crippen molar-refractivity contribution < 1.29 is 19.4 Å². The van der Waals surface area contributed by atoms with Crippen LogP contribution in [0.5, 0.6) is 5.75 Å². The number of amides is 1. The maximum atomic E-state index is 12.7. The van der Waals surface area contributed by atoms with E-state index in [9.17, 15) is 9.59 Å². The van der Waals surface area contributed by atoms with Crippen LogP contribution in [-0.2, 0) is 6.61 Å². The Bertz CT molecular complexity index is 1770. The van der Waals surface area contributed by atoms with Crippen LogP contribution in [-0.4, -0.2) is 28.2 Å². The molecule has 0 saturated carbocycles. The maximum Gasteiger partial charge on any atom is 0.335 e. The first-order valence-corrected chi connectivity index (χ1v) is 16.0. The molecule has 1 heterocycles. The third-order valence-corrected chi connectivity index (χ3v) is 8.64. The second kappa shape index (κ2) is 14.3. The molecule has 43 heavy (non-hydrogen) atoms. The summed E-state index contributed by atoms with van der Waals surface area (Å²) in [6.07, 6.45) is 1.58. The summed E-state index contributed by atoms with van der Waals surface area (Å²) in [5, 5.41) is 19.8. The SMILES string of the molecule is O=C(O)c1ccc(COc2c(I)cc(/C=N\NC(=O)c3ccc(-c4csc(Nc5ccc(Cl)cc5)n4)cc3)cc2I)cc1. The Balaban J connectivity index is 1.15. The number of aromatic carboxylic acids is 1. The standard InChI is InChI=1S/C31H21ClI2N4O4S/c32-23-9-11-24(12-10-23)36-31-37-27(17-43-31)20-5-7-21(8-6-20)29(39)38-35-15-19-13-25(33)28(26(34)14-19)42-16-18-1-3-22(4-2-18)30(40)41/h1-15,17H,16H2,(H,36,37)(H,38,39)(H,40,41)/b35-15-. The summed E-state index contributed by atoms with van der Waals surface area (Å²) in [5.41, 5.74) is 7.53. The molecule has 0 aliphatic heterocycles. The third-order valence-electron chi connectivity index (χ3n) is 6.03. The predicted octanol–water partition coefficient (Wildman–Crippen LogP) is 8.46. The van der Waals surface area contributed by atoms with E-state index in [1.807, 2.05) is 53.9 Å². The van der Waals surface area contributed by atoms with Crippen LogP contribution in [0.2, 0.25) is 5.02 Å². The van der Waals surface area contributed by atoms with E-state index in [0.29, 0.717) is 17.2 Å². The highest BCUT2D eigenvalue weighted by atomic mass is 127. The maximum absolute atomic E-state index is 12.7. The average Bonchev–Trinajstić information content (AvgIpc) is 3.46. The fourth-order valence-electron chi connectivity index (χ4n) is 3.83. The number of anilines is 2. The highest BCUT2D eigenvalue weighted by Gasteiger charge is 2.11. The molecule has 0 aliphatic carbocycles. The summed E-state index contributed by atoms with van der Waals surface area (Å²) in [7, 11) is 0. The monoisotopic (exact) mass is 834 g/mol. The number of hydrogen-bond acceptors (Lipinski definition) is 7. The van der Waals surface area contributed by atoms with Crippen LogP contribution in [0, 0.1) is 7.14 Å². The molecule has 8 nitrogen and oxygen atoms in total. The smallest absolute Gasteiger partial charge is 0.335 e. The number of ether oxygens (including phenoxy) is 1. The lowest BCUT2D eigenvalue weighted by atomic mass is 10.1. The molecule has 0 aliphatic rings. The van der Waals surface area contributed by atoms with Crippen molar-refractivity contribution in [3.8, 4) is 17.0 Å². The van der Waals surface area contributed by atoms with Gasteiger partial charge in [0.05, 0.1) is 24.6 Å². The molecule has 0 radical (unpaired) electrons. The molecule has 0 unspecified atom stereocenters. The van der Waals surface area contributed by atoms with E-state index in [1.54, 1.807) is 42.6 Å². The second-order valence-electron chi connectivity index (χ2n) is 9.05. The number of aromatic nitrogens is 1. The van der Waals surface area contributed by atoms with Crippen LogP contribution >= 0.6 is 68.1 Å². The molecule has 0 fully saturated rings. The Kier molecular flexibility index (Phi) is 10.3. The van der Waals surface area contributed by atoms with Crippen LogP contribution in [0.1, 0.15) is 31.8 Å². The Morgan fingerprint density at radius 3 is 2.26 bits per heavy atom. The number of benzene rings is 4. The molecule has 1 aromatic heterocycles. The first-order valence-electron chi connectivity index (χ1n) is 12.6. The Morgan fingerprint density at radius 1 is 0.953 bits per heavy atom. The minimum atomic E-state index is -0.965. The number of nitrogens with zero attached hydrogens (tertiary/aromatic N) is 2. The topological polar surface area (TPSA) is 113 Å². The molecule has 5 rings (SSSR count). The number of carbonyl (C=O) groups excluding carboxylic acids is 1. The molecule has 216 valence electrons. The molecule has 3 N–H and O–H groups in total. The van der Waals surface area contributed by atoms with Gasteiger partial charge >= 0.3 is 5.97 Å². The van der Waals surface area contributed by atoms with Gasteiger partial charge in [-0.1, -0.05) is 35.9 Å². The van der Waals surface area contributed by atoms with Crippen LogP contribution < -0.4 is 15.5 Å². The van der Waals surface area contributed by atoms with E-state index in [2.05, 4.69) is 66.0 Å². The molecule has 0 spiro atoms. The second-order valence-corrected chi connectivity index (χ2v) is 12.7. The van der Waals surface area contributed by atoms with Crippen molar-refractivity contribution in [1.29, 1.82) is 0 Å². The van der Waals surface area contributed by atoms with Crippen LogP contribution in [0.25, 0.3) is 11.3 Å². The molecule has 0 saturated heterocycles. The Hall–Kier alpha value is -3.53. The number of thiazole rings is 1. The molecular formula is C31H21ClI2N4O4S. The zero-order valence-electron chi connectivity index (χ0n) is 22.1. The van der Waals surface area contributed by atoms with Crippen molar-refractivity contribution in [2.45, 2.75) is 6.61 Å². The van der Waals surface area contributed by atoms with Crippen molar-refractivity contribution in [2.24, 2.45) is 5.10 Å². The summed E-state index contributed by atoms with van der Waals surface area (Å²) in [6, 6.07) is 25.0. The zero-order valence-corrected chi connectivity index (χ0v) is 27.9. The number of rotatable bonds is 10. The number of carboxylic acid groups (broad SMARTS) is 1. The number of halogens is 3. The number of nitrogens with one attached hydrogen (secondary N) is 2. The summed E-state index contributed by atoms with van der Waals surface area (Å²) in [6.45, 7) is 0.304. The summed E-state index contributed by atoms with van der Waals surface area (Å²) in [4.78, 5) is 28.3. The lowest BCUT2D eigenvalue weighted by Crippen LogP contribution is -2.17. The summed E-state index contributed by atoms with van der Waals surface area (Å²) >= 11 is 11.8. The van der Waals surface area contributed by atoms with Crippen molar-refractivity contribution >= 4 is 97.0 Å². The normalized spacial score (nSPS) is 11.0. The quantitative estimate of drug-likeness (QED) is 0.0740. The average molecular weight is 835 g/mol. The lowest BCUT2D eigenvalue weighted by molar-refractivity contribution is 0.0696. The first-order chi connectivity index (χ1) is 20.7. The van der Waals surface area contributed by atoms with Gasteiger partial charge in [0.2, 0.25) is 0 Å². The summed E-state index contributed by atoms with van der Waals surface area (Å²) < 4.78 is 7.75. The molecule has 5 aromatic rings. The van der Waals surface area contributed by atoms with Crippen molar-refractivity contribution in [3.63, 3.8) is 0 Å². The fourth-order valence-corrected chi connectivity index (χ4v) is 6.83. The molecule has 0 atom stereocenters. The highest BCUT2D eigenvalue weighted by Crippen LogP contribution is 2.30. The van der Waals surface area contributed by atoms with Gasteiger partial charge in [-0.3, -0.25) is 4.79 Å². The van der Waals surface area contributed by atoms with E-state index < -0.39 is 5.97 Å². The third kappa shape index (κ3) is 8.31. The molecular weight excluding hydrogens is 814 g/mol. The summed E-state index contributed by atoms with van der Waals surface area (Å²) in [5.74, 6) is -0.574. The van der Waals surface area contributed by atoms with Crippen LogP contribution in [0.4, 0.5) is 10.8 Å². The largest absolute Gasteiger partial charge is 0.487 e. The number of hydrazone groups is 1. The predicted molar refractivity (Wildman–Crippen MR) is 187 cm³/mol. The van der Waals surface area contributed by atoms with E-state index in [-0.39, 0.29) is 11.5 Å². The van der Waals surface area contributed by atoms with Gasteiger partial charge in [-0.25, -0.2) is 15.2 Å². The molecule has 1 amide bonds.